The topological polar surface area (TPSA) is 79.4 Å². The molecule has 8 heteroatoms. The van der Waals surface area contributed by atoms with Crippen LogP contribution in [0.2, 0.25) is 5.02 Å². The summed E-state index contributed by atoms with van der Waals surface area (Å²) in [7, 11) is -3.01. The van der Waals surface area contributed by atoms with Gasteiger partial charge < -0.3 is 10.2 Å². The number of aromatic nitrogens is 1. The van der Waals surface area contributed by atoms with E-state index in [0.29, 0.717) is 22.9 Å². The average molecular weight is 422 g/mol. The highest BCUT2D eigenvalue weighted by Crippen LogP contribution is 2.26. The van der Waals surface area contributed by atoms with Crippen LogP contribution in [0.4, 0.5) is 5.82 Å². The van der Waals surface area contributed by atoms with Crippen molar-refractivity contribution in [3.63, 3.8) is 0 Å². The number of hydrogen-bond donors (Lipinski definition) is 1. The van der Waals surface area contributed by atoms with E-state index < -0.39 is 9.84 Å². The van der Waals surface area contributed by atoms with Crippen molar-refractivity contribution in [3.8, 4) is 0 Å². The molecule has 1 aliphatic rings. The monoisotopic (exact) mass is 421 g/mol. The van der Waals surface area contributed by atoms with Gasteiger partial charge in [-0.1, -0.05) is 37.6 Å². The van der Waals surface area contributed by atoms with Gasteiger partial charge in [0, 0.05) is 36.3 Å². The fourth-order valence-corrected chi connectivity index (χ4v) is 4.44. The smallest absolute Gasteiger partial charge is 0.255 e. The van der Waals surface area contributed by atoms with Crippen molar-refractivity contribution in [1.82, 2.24) is 9.88 Å². The molecule has 1 aliphatic heterocycles. The molecular weight excluding hydrogens is 398 g/mol. The maximum atomic E-state index is 12.5. The molecule has 0 aliphatic carbocycles. The average Bonchev–Trinajstić information content (AvgIpc) is 2.66. The predicted molar refractivity (Wildman–Crippen MR) is 112 cm³/mol. The molecular formula is C20H24ClN3O3S. The number of halogens is 1. The standard InChI is InChI=1S/C20H24ClN3O3S/c1-20(2,16-4-3-5-17(21)12-16)14-23-18-7-6-15(13-22-18)19(25)24-8-10-28(26,27)11-9-24/h3-7,12-13H,8-11,14H2,1-2H3,(H,22,23). The second kappa shape index (κ2) is 8.09. The molecule has 2 aromatic rings. The van der Waals surface area contributed by atoms with Gasteiger partial charge in [-0.25, -0.2) is 13.4 Å². The molecule has 0 saturated carbocycles. The minimum Gasteiger partial charge on any atom is -0.369 e. The van der Waals surface area contributed by atoms with Crippen LogP contribution in [-0.4, -0.2) is 55.3 Å². The molecule has 1 aromatic heterocycles. The molecule has 150 valence electrons. The zero-order valence-electron chi connectivity index (χ0n) is 16.0. The van der Waals surface area contributed by atoms with E-state index in [-0.39, 0.29) is 35.9 Å². The van der Waals surface area contributed by atoms with Gasteiger partial charge in [-0.3, -0.25) is 4.79 Å². The third-order valence-electron chi connectivity index (χ3n) is 4.96. The van der Waals surface area contributed by atoms with Crippen LogP contribution in [0.25, 0.3) is 0 Å². The van der Waals surface area contributed by atoms with Crippen LogP contribution in [0.1, 0.15) is 29.8 Å². The van der Waals surface area contributed by atoms with E-state index in [9.17, 15) is 13.2 Å². The van der Waals surface area contributed by atoms with Gasteiger partial charge in [0.15, 0.2) is 9.84 Å². The molecule has 1 saturated heterocycles. The Hall–Kier alpha value is -2.12. The Morgan fingerprint density at radius 3 is 2.54 bits per heavy atom. The Balaban J connectivity index is 1.61. The Labute approximate surface area is 170 Å². The lowest BCUT2D eigenvalue weighted by Gasteiger charge is -2.27. The van der Waals surface area contributed by atoms with Crippen molar-refractivity contribution in [2.75, 3.05) is 36.5 Å². The Morgan fingerprint density at radius 1 is 1.21 bits per heavy atom. The first kappa shape index (κ1) is 20.6. The van der Waals surface area contributed by atoms with Gasteiger partial charge in [0.05, 0.1) is 17.1 Å². The molecule has 6 nitrogen and oxygen atoms in total. The highest BCUT2D eigenvalue weighted by molar-refractivity contribution is 7.91. The first-order valence-corrected chi connectivity index (χ1v) is 11.3. The summed E-state index contributed by atoms with van der Waals surface area (Å²) in [5.41, 5.74) is 1.43. The Morgan fingerprint density at radius 2 is 1.93 bits per heavy atom. The fourth-order valence-electron chi connectivity index (χ4n) is 3.05. The predicted octanol–water partition coefficient (Wildman–Crippen LogP) is 3.00. The molecule has 1 fully saturated rings. The van der Waals surface area contributed by atoms with Crippen LogP contribution in [0.15, 0.2) is 42.6 Å². The lowest BCUT2D eigenvalue weighted by Crippen LogP contribution is -2.43. The van der Waals surface area contributed by atoms with E-state index in [2.05, 4.69) is 24.1 Å². The van der Waals surface area contributed by atoms with Gasteiger partial charge in [-0.05, 0) is 29.8 Å². The number of rotatable bonds is 5. The molecule has 28 heavy (non-hydrogen) atoms. The third kappa shape index (κ3) is 5.02. The molecule has 1 N–H and O–H groups in total. The molecule has 0 bridgehead atoms. The van der Waals surface area contributed by atoms with Crippen LogP contribution in [-0.2, 0) is 15.3 Å². The van der Waals surface area contributed by atoms with Crippen molar-refractivity contribution in [3.05, 3.63) is 58.7 Å². The molecule has 1 aromatic carbocycles. The summed E-state index contributed by atoms with van der Waals surface area (Å²) < 4.78 is 23.0. The van der Waals surface area contributed by atoms with E-state index in [1.54, 1.807) is 17.0 Å². The van der Waals surface area contributed by atoms with Gasteiger partial charge in [0.2, 0.25) is 0 Å². The number of nitrogens with zero attached hydrogens (tertiary/aromatic N) is 2. The normalized spacial score (nSPS) is 16.6. The summed E-state index contributed by atoms with van der Waals surface area (Å²) in [6.07, 6.45) is 1.53. The van der Waals surface area contributed by atoms with Crippen molar-refractivity contribution in [2.45, 2.75) is 19.3 Å². The number of anilines is 1. The van der Waals surface area contributed by atoms with E-state index >= 15 is 0 Å². The fraction of sp³-hybridized carbons (Fsp3) is 0.400. The molecule has 2 heterocycles. The molecule has 3 rings (SSSR count). The first-order valence-electron chi connectivity index (χ1n) is 9.12. The SMILES string of the molecule is CC(C)(CNc1ccc(C(=O)N2CCS(=O)(=O)CC2)cn1)c1cccc(Cl)c1. The quantitative estimate of drug-likeness (QED) is 0.802. The number of sulfone groups is 1. The van der Waals surface area contributed by atoms with Gasteiger partial charge in [0.1, 0.15) is 5.82 Å². The summed E-state index contributed by atoms with van der Waals surface area (Å²) in [4.78, 5) is 18.4. The van der Waals surface area contributed by atoms with Crippen molar-refractivity contribution >= 4 is 33.2 Å². The molecule has 0 radical (unpaired) electrons. The van der Waals surface area contributed by atoms with Crippen LogP contribution in [0, 0.1) is 0 Å². The largest absolute Gasteiger partial charge is 0.369 e. The number of carbonyl (C=O) groups excluding carboxylic acids is 1. The first-order chi connectivity index (χ1) is 13.2. The number of benzene rings is 1. The summed E-state index contributed by atoms with van der Waals surface area (Å²) in [5.74, 6) is 0.524. The maximum absolute atomic E-state index is 12.5. The molecule has 0 unspecified atom stereocenters. The summed E-state index contributed by atoms with van der Waals surface area (Å²) in [6.45, 7) is 5.35. The highest BCUT2D eigenvalue weighted by Gasteiger charge is 2.26. The summed E-state index contributed by atoms with van der Waals surface area (Å²) in [5, 5.41) is 4.01. The van der Waals surface area contributed by atoms with Gasteiger partial charge >= 0.3 is 0 Å². The summed E-state index contributed by atoms with van der Waals surface area (Å²) in [6, 6.07) is 11.3. The van der Waals surface area contributed by atoms with Crippen LogP contribution >= 0.6 is 11.6 Å². The zero-order chi connectivity index (χ0) is 20.4. The number of carbonyl (C=O) groups is 1. The van der Waals surface area contributed by atoms with E-state index in [4.69, 9.17) is 11.6 Å². The highest BCUT2D eigenvalue weighted by atomic mass is 35.5. The number of nitrogens with one attached hydrogen (secondary N) is 1. The van der Waals surface area contributed by atoms with E-state index in [1.807, 2.05) is 24.3 Å². The lowest BCUT2D eigenvalue weighted by atomic mass is 9.84. The van der Waals surface area contributed by atoms with Crippen molar-refractivity contribution in [1.29, 1.82) is 0 Å². The second-order valence-corrected chi connectivity index (χ2v) is 10.4. The van der Waals surface area contributed by atoms with Crippen molar-refractivity contribution in [2.24, 2.45) is 0 Å². The minimum absolute atomic E-state index is 0.0182. The van der Waals surface area contributed by atoms with Gasteiger partial charge in [-0.15, -0.1) is 0 Å². The molecule has 1 amide bonds. The third-order valence-corrected chi connectivity index (χ3v) is 6.80. The van der Waals surface area contributed by atoms with Crippen LogP contribution < -0.4 is 5.32 Å². The number of amides is 1. The number of pyridine rings is 1. The molecule has 0 atom stereocenters. The zero-order valence-corrected chi connectivity index (χ0v) is 17.6. The van der Waals surface area contributed by atoms with E-state index in [0.717, 1.165) is 5.56 Å². The van der Waals surface area contributed by atoms with Gasteiger partial charge in [0.25, 0.3) is 5.91 Å². The summed E-state index contributed by atoms with van der Waals surface area (Å²) >= 11 is 6.09. The Bertz CT molecular complexity index is 945. The van der Waals surface area contributed by atoms with Gasteiger partial charge in [-0.2, -0.15) is 0 Å². The minimum atomic E-state index is -3.01. The number of hydrogen-bond acceptors (Lipinski definition) is 5. The van der Waals surface area contributed by atoms with Crippen molar-refractivity contribution < 1.29 is 13.2 Å². The maximum Gasteiger partial charge on any atom is 0.255 e. The van der Waals surface area contributed by atoms with Crippen LogP contribution in [0.3, 0.4) is 0 Å². The molecule has 0 spiro atoms. The second-order valence-electron chi connectivity index (χ2n) is 7.62. The Kier molecular flexibility index (Phi) is 5.95. The lowest BCUT2D eigenvalue weighted by molar-refractivity contribution is 0.0770. The van der Waals surface area contributed by atoms with Crippen LogP contribution in [0.5, 0.6) is 0 Å². The van der Waals surface area contributed by atoms with E-state index in [1.165, 1.54) is 6.20 Å².